The SMILES string of the molecule is CCCCCCC/C=C\CCCCCCCC(=O)OCCCCCCCCCCCCCCCCCCCCCCC(=O)NC(CO)C(O)CCCCCCCCCCCCCCCCCCC. The number of ether oxygens (including phenoxy) is 1. The second kappa shape index (κ2) is 58.2. The summed E-state index contributed by atoms with van der Waals surface area (Å²) in [5, 5.41) is 23.3. The smallest absolute Gasteiger partial charge is 0.305 e. The van der Waals surface area contributed by atoms with Crippen LogP contribution in [-0.4, -0.2) is 47.4 Å². The van der Waals surface area contributed by atoms with E-state index in [1.807, 2.05) is 0 Å². The Morgan fingerprint density at radius 3 is 1.04 bits per heavy atom. The Bertz CT molecular complexity index is 1020. The Morgan fingerprint density at radius 1 is 0.397 bits per heavy atom. The van der Waals surface area contributed by atoms with Crippen molar-refractivity contribution < 1.29 is 24.5 Å². The van der Waals surface area contributed by atoms with Gasteiger partial charge in [0.25, 0.3) is 0 Å². The first-order chi connectivity index (χ1) is 33.5. The van der Waals surface area contributed by atoms with Gasteiger partial charge in [-0.05, 0) is 51.4 Å². The van der Waals surface area contributed by atoms with Crippen LogP contribution in [0.5, 0.6) is 0 Å². The minimum atomic E-state index is -0.665. The predicted octanol–water partition coefficient (Wildman–Crippen LogP) is 19.2. The van der Waals surface area contributed by atoms with E-state index in [1.54, 1.807) is 0 Å². The van der Waals surface area contributed by atoms with E-state index in [-0.39, 0.29) is 18.5 Å². The fourth-order valence-electron chi connectivity index (χ4n) is 9.81. The van der Waals surface area contributed by atoms with Gasteiger partial charge in [0.05, 0.1) is 25.4 Å². The standard InChI is InChI=1S/C62H121NO5/c1-3-5-7-9-11-13-15-17-19-24-27-30-34-38-42-46-50-54-60(65)59(58-64)63-61(66)55-51-47-43-39-35-31-28-25-22-20-21-23-26-29-33-37-41-45-49-53-57-68-62(67)56-52-48-44-40-36-32-18-16-14-12-10-8-6-4-2/h16,18,59-60,64-65H,3-15,17,19-58H2,1-2H3,(H,63,66)/b18-16-. The molecule has 0 aromatic heterocycles. The maximum absolute atomic E-state index is 12.5. The quantitative estimate of drug-likeness (QED) is 0.0321. The van der Waals surface area contributed by atoms with Crippen molar-refractivity contribution in [3.63, 3.8) is 0 Å². The van der Waals surface area contributed by atoms with Gasteiger partial charge in [-0.15, -0.1) is 0 Å². The fraction of sp³-hybridized carbons (Fsp3) is 0.935. The Labute approximate surface area is 425 Å². The molecule has 3 N–H and O–H groups in total. The molecule has 0 aliphatic heterocycles. The Hall–Kier alpha value is -1.40. The highest BCUT2D eigenvalue weighted by molar-refractivity contribution is 5.76. The van der Waals surface area contributed by atoms with Crippen molar-refractivity contribution >= 4 is 11.9 Å². The molecular weight excluding hydrogens is 839 g/mol. The summed E-state index contributed by atoms with van der Waals surface area (Å²) >= 11 is 0. The number of aliphatic hydroxyl groups excluding tert-OH is 2. The van der Waals surface area contributed by atoms with Crippen molar-refractivity contribution in [3.05, 3.63) is 12.2 Å². The molecule has 404 valence electrons. The van der Waals surface area contributed by atoms with E-state index in [1.165, 1.54) is 270 Å². The summed E-state index contributed by atoms with van der Waals surface area (Å²) in [5.74, 6) is -0.0310. The van der Waals surface area contributed by atoms with Crippen LogP contribution in [0.2, 0.25) is 0 Å². The first-order valence-corrected chi connectivity index (χ1v) is 30.9. The molecule has 0 aliphatic rings. The van der Waals surface area contributed by atoms with Crippen molar-refractivity contribution in [1.29, 1.82) is 0 Å². The Morgan fingerprint density at radius 2 is 0.691 bits per heavy atom. The summed E-state index contributed by atoms with van der Waals surface area (Å²) in [6.07, 6.45) is 69.3. The minimum absolute atomic E-state index is 0.00287. The van der Waals surface area contributed by atoms with Crippen LogP contribution in [0.4, 0.5) is 0 Å². The van der Waals surface area contributed by atoms with Crippen LogP contribution in [0.3, 0.4) is 0 Å². The second-order valence-corrected chi connectivity index (χ2v) is 21.4. The van der Waals surface area contributed by atoms with Crippen LogP contribution in [0.15, 0.2) is 12.2 Å². The third-order valence-corrected chi connectivity index (χ3v) is 14.6. The summed E-state index contributed by atoms with van der Waals surface area (Å²) in [5.41, 5.74) is 0. The summed E-state index contributed by atoms with van der Waals surface area (Å²) in [6, 6.07) is -0.542. The molecule has 0 aliphatic carbocycles. The first-order valence-electron chi connectivity index (χ1n) is 30.9. The third kappa shape index (κ3) is 53.9. The molecule has 0 aromatic carbocycles. The zero-order valence-electron chi connectivity index (χ0n) is 46.1. The lowest BCUT2D eigenvalue weighted by molar-refractivity contribution is -0.143. The number of nitrogens with one attached hydrogen (secondary N) is 1. The molecule has 0 saturated carbocycles. The summed E-state index contributed by atoms with van der Waals surface area (Å²) < 4.78 is 5.48. The number of allylic oxidation sites excluding steroid dienone is 2. The number of amides is 1. The lowest BCUT2D eigenvalue weighted by atomic mass is 10.0. The van der Waals surface area contributed by atoms with E-state index in [0.717, 1.165) is 44.9 Å². The lowest BCUT2D eigenvalue weighted by Crippen LogP contribution is -2.45. The number of hydrogen-bond acceptors (Lipinski definition) is 5. The van der Waals surface area contributed by atoms with Crippen LogP contribution in [-0.2, 0) is 14.3 Å². The molecule has 0 rings (SSSR count). The molecule has 0 heterocycles. The average molecular weight is 961 g/mol. The van der Waals surface area contributed by atoms with Gasteiger partial charge < -0.3 is 20.3 Å². The van der Waals surface area contributed by atoms with Gasteiger partial charge in [-0.25, -0.2) is 0 Å². The molecule has 1 amide bonds. The van der Waals surface area contributed by atoms with E-state index in [4.69, 9.17) is 4.74 Å². The van der Waals surface area contributed by atoms with Gasteiger partial charge in [-0.1, -0.05) is 296 Å². The van der Waals surface area contributed by atoms with Crippen molar-refractivity contribution in [2.24, 2.45) is 0 Å². The van der Waals surface area contributed by atoms with Gasteiger partial charge in [0.1, 0.15) is 0 Å². The fourth-order valence-corrected chi connectivity index (χ4v) is 9.81. The van der Waals surface area contributed by atoms with Crippen LogP contribution < -0.4 is 5.32 Å². The molecule has 0 fully saturated rings. The van der Waals surface area contributed by atoms with Crippen molar-refractivity contribution in [2.75, 3.05) is 13.2 Å². The molecule has 68 heavy (non-hydrogen) atoms. The Kier molecular flexibility index (Phi) is 57.0. The molecule has 0 radical (unpaired) electrons. The van der Waals surface area contributed by atoms with E-state index < -0.39 is 12.1 Å². The van der Waals surface area contributed by atoms with E-state index in [2.05, 4.69) is 31.3 Å². The van der Waals surface area contributed by atoms with Crippen LogP contribution in [0.25, 0.3) is 0 Å². The molecule has 6 nitrogen and oxygen atoms in total. The molecule has 0 saturated heterocycles. The number of carbonyl (C=O) groups is 2. The molecule has 6 heteroatoms. The monoisotopic (exact) mass is 960 g/mol. The number of carbonyl (C=O) groups excluding carboxylic acids is 2. The predicted molar refractivity (Wildman–Crippen MR) is 297 cm³/mol. The molecule has 2 unspecified atom stereocenters. The van der Waals surface area contributed by atoms with Crippen LogP contribution >= 0.6 is 0 Å². The summed E-state index contributed by atoms with van der Waals surface area (Å²) in [7, 11) is 0. The lowest BCUT2D eigenvalue weighted by Gasteiger charge is -2.22. The molecular formula is C62H121NO5. The minimum Gasteiger partial charge on any atom is -0.466 e. The van der Waals surface area contributed by atoms with Gasteiger partial charge in [0, 0.05) is 12.8 Å². The maximum Gasteiger partial charge on any atom is 0.305 e. The maximum atomic E-state index is 12.5. The number of esters is 1. The van der Waals surface area contributed by atoms with E-state index in [9.17, 15) is 19.8 Å². The largest absolute Gasteiger partial charge is 0.466 e. The van der Waals surface area contributed by atoms with Gasteiger partial charge in [-0.2, -0.15) is 0 Å². The highest BCUT2D eigenvalue weighted by Gasteiger charge is 2.20. The molecule has 2 atom stereocenters. The van der Waals surface area contributed by atoms with Crippen LogP contribution in [0.1, 0.15) is 348 Å². The first kappa shape index (κ1) is 66.6. The number of rotatable bonds is 58. The van der Waals surface area contributed by atoms with E-state index >= 15 is 0 Å². The molecule has 0 bridgehead atoms. The molecule has 0 aromatic rings. The van der Waals surface area contributed by atoms with Crippen molar-refractivity contribution in [3.8, 4) is 0 Å². The highest BCUT2D eigenvalue weighted by Crippen LogP contribution is 2.18. The zero-order valence-corrected chi connectivity index (χ0v) is 46.1. The molecule has 0 spiro atoms. The van der Waals surface area contributed by atoms with Crippen molar-refractivity contribution in [1.82, 2.24) is 5.32 Å². The van der Waals surface area contributed by atoms with E-state index in [0.29, 0.717) is 25.9 Å². The second-order valence-electron chi connectivity index (χ2n) is 21.4. The Balaban J connectivity index is 3.39. The van der Waals surface area contributed by atoms with Gasteiger partial charge in [0.2, 0.25) is 5.91 Å². The number of hydrogen-bond donors (Lipinski definition) is 3. The van der Waals surface area contributed by atoms with Crippen molar-refractivity contribution in [2.45, 2.75) is 360 Å². The van der Waals surface area contributed by atoms with Gasteiger partial charge in [-0.3, -0.25) is 9.59 Å². The summed E-state index contributed by atoms with van der Waals surface area (Å²) in [6.45, 7) is 4.96. The normalized spacial score (nSPS) is 12.6. The van der Waals surface area contributed by atoms with Gasteiger partial charge >= 0.3 is 5.97 Å². The average Bonchev–Trinajstić information content (AvgIpc) is 3.34. The van der Waals surface area contributed by atoms with Crippen LogP contribution in [0, 0.1) is 0 Å². The topological polar surface area (TPSA) is 95.9 Å². The highest BCUT2D eigenvalue weighted by atomic mass is 16.5. The zero-order chi connectivity index (χ0) is 49.3. The summed E-state index contributed by atoms with van der Waals surface area (Å²) in [4.78, 5) is 24.5. The number of aliphatic hydroxyl groups is 2. The number of unbranched alkanes of at least 4 members (excludes halogenated alkanes) is 45. The van der Waals surface area contributed by atoms with Gasteiger partial charge in [0.15, 0.2) is 0 Å². The third-order valence-electron chi connectivity index (χ3n) is 14.6.